The van der Waals surface area contributed by atoms with Crippen LogP contribution in [0.2, 0.25) is 0 Å². The molecule has 5 heteroatoms. The Morgan fingerprint density at radius 3 is 2.28 bits per heavy atom. The van der Waals surface area contributed by atoms with Crippen molar-refractivity contribution in [3.05, 3.63) is 94.7 Å². The van der Waals surface area contributed by atoms with Crippen molar-refractivity contribution >= 4 is 34.9 Å². The molecular formula is C27H28N2O2S. The van der Waals surface area contributed by atoms with Gasteiger partial charge in [0.2, 0.25) is 11.8 Å². The second-order valence-corrected chi connectivity index (χ2v) is 9.11. The Morgan fingerprint density at radius 2 is 1.62 bits per heavy atom. The van der Waals surface area contributed by atoms with Gasteiger partial charge in [0.1, 0.15) is 5.54 Å². The largest absolute Gasteiger partial charge is 0.324 e. The number of nitrogens with zero attached hydrogens (tertiary/aromatic N) is 1. The number of carbonyl (C=O) groups is 2. The lowest BCUT2D eigenvalue weighted by atomic mass is 9.92. The third-order valence-electron chi connectivity index (χ3n) is 6.07. The Balaban J connectivity index is 1.61. The fourth-order valence-electron chi connectivity index (χ4n) is 4.40. The summed E-state index contributed by atoms with van der Waals surface area (Å²) in [6.07, 6.45) is 7.41. The van der Waals surface area contributed by atoms with Gasteiger partial charge in [0.05, 0.1) is 0 Å². The number of amides is 2. The Hall–Kier alpha value is -3.18. The van der Waals surface area contributed by atoms with E-state index in [9.17, 15) is 9.59 Å². The van der Waals surface area contributed by atoms with Gasteiger partial charge in [-0.3, -0.25) is 9.59 Å². The average molecular weight is 445 g/mol. The zero-order valence-electron chi connectivity index (χ0n) is 18.1. The second-order valence-electron chi connectivity index (χ2n) is 8.13. The lowest BCUT2D eigenvalue weighted by Gasteiger charge is -2.39. The monoisotopic (exact) mass is 444 g/mol. The molecule has 0 spiro atoms. The molecule has 0 aliphatic heterocycles. The average Bonchev–Trinajstić information content (AvgIpc) is 3.52. The molecule has 0 radical (unpaired) electrons. The number of hydrogen-bond donors (Lipinski definition) is 1. The van der Waals surface area contributed by atoms with Gasteiger partial charge < -0.3 is 10.2 Å². The van der Waals surface area contributed by atoms with Crippen molar-refractivity contribution in [3.8, 4) is 0 Å². The first-order chi connectivity index (χ1) is 15.7. The molecule has 1 aliphatic carbocycles. The number of anilines is 1. The van der Waals surface area contributed by atoms with E-state index in [1.807, 2.05) is 77.0 Å². The van der Waals surface area contributed by atoms with Crippen LogP contribution in [0.15, 0.2) is 84.3 Å². The van der Waals surface area contributed by atoms with Crippen molar-refractivity contribution in [1.29, 1.82) is 0 Å². The summed E-state index contributed by atoms with van der Waals surface area (Å²) < 4.78 is 0. The van der Waals surface area contributed by atoms with E-state index >= 15 is 0 Å². The molecule has 0 bridgehead atoms. The Kier molecular flexibility index (Phi) is 7.17. The van der Waals surface area contributed by atoms with Gasteiger partial charge in [-0.25, -0.2) is 0 Å². The maximum absolute atomic E-state index is 13.6. The van der Waals surface area contributed by atoms with Crippen LogP contribution < -0.4 is 5.32 Å². The molecule has 1 heterocycles. The number of carbonyl (C=O) groups excluding carboxylic acids is 2. The van der Waals surface area contributed by atoms with E-state index in [2.05, 4.69) is 17.4 Å². The zero-order chi connectivity index (χ0) is 22.2. The summed E-state index contributed by atoms with van der Waals surface area (Å²) in [5, 5.41) is 5.06. The van der Waals surface area contributed by atoms with Crippen LogP contribution in [-0.2, 0) is 16.0 Å². The fourth-order valence-corrected chi connectivity index (χ4v) is 5.02. The van der Waals surface area contributed by atoms with E-state index in [4.69, 9.17) is 0 Å². The second kappa shape index (κ2) is 10.4. The van der Waals surface area contributed by atoms with E-state index in [1.54, 1.807) is 17.4 Å². The van der Waals surface area contributed by atoms with E-state index in [0.29, 0.717) is 25.8 Å². The van der Waals surface area contributed by atoms with Gasteiger partial charge in [0, 0.05) is 23.2 Å². The SMILES string of the molecule is O=C(/C=C\c1cccs1)N(CCc1ccccc1)C1(C(=O)Nc2ccccc2)CCCC1. The predicted octanol–water partition coefficient (Wildman–Crippen LogP) is 5.78. The number of para-hydroxylation sites is 1. The number of benzene rings is 2. The number of rotatable bonds is 8. The smallest absolute Gasteiger partial charge is 0.250 e. The minimum atomic E-state index is -0.832. The van der Waals surface area contributed by atoms with Crippen molar-refractivity contribution in [3.63, 3.8) is 0 Å². The van der Waals surface area contributed by atoms with Crippen LogP contribution in [0.1, 0.15) is 36.1 Å². The highest BCUT2D eigenvalue weighted by Gasteiger charge is 2.47. The maximum atomic E-state index is 13.6. The Morgan fingerprint density at radius 1 is 0.938 bits per heavy atom. The third kappa shape index (κ3) is 5.17. The lowest BCUT2D eigenvalue weighted by Crippen LogP contribution is -2.57. The summed E-state index contributed by atoms with van der Waals surface area (Å²) in [6, 6.07) is 23.6. The molecule has 1 aliphatic rings. The molecule has 3 aromatic rings. The standard InChI is InChI=1S/C27H28N2O2S/c30-25(16-15-24-14-9-21-32-24)29(20-17-22-10-3-1-4-11-22)27(18-7-8-19-27)26(31)28-23-12-5-2-6-13-23/h1-6,9-16,21H,7-8,17-20H2,(H,28,31)/b16-15-. The molecule has 1 N–H and O–H groups in total. The van der Waals surface area contributed by atoms with Gasteiger partial charge in [-0.05, 0) is 54.5 Å². The molecule has 1 aromatic heterocycles. The zero-order valence-corrected chi connectivity index (χ0v) is 18.9. The number of hydrogen-bond acceptors (Lipinski definition) is 3. The molecular weight excluding hydrogens is 416 g/mol. The molecule has 164 valence electrons. The molecule has 4 nitrogen and oxygen atoms in total. The van der Waals surface area contributed by atoms with Gasteiger partial charge in [-0.15, -0.1) is 11.3 Å². The van der Waals surface area contributed by atoms with E-state index in [0.717, 1.165) is 29.0 Å². The van der Waals surface area contributed by atoms with Crippen LogP contribution in [0.25, 0.3) is 6.08 Å². The number of nitrogens with one attached hydrogen (secondary N) is 1. The van der Waals surface area contributed by atoms with Gasteiger partial charge in [-0.1, -0.05) is 67.4 Å². The van der Waals surface area contributed by atoms with Gasteiger partial charge in [0.15, 0.2) is 0 Å². The first-order valence-electron chi connectivity index (χ1n) is 11.1. The highest BCUT2D eigenvalue weighted by Crippen LogP contribution is 2.37. The van der Waals surface area contributed by atoms with E-state index in [-0.39, 0.29) is 11.8 Å². The molecule has 1 fully saturated rings. The molecule has 2 amide bonds. The molecule has 0 atom stereocenters. The molecule has 0 unspecified atom stereocenters. The number of thiophene rings is 1. The van der Waals surface area contributed by atoms with Crippen molar-refractivity contribution in [1.82, 2.24) is 4.90 Å². The van der Waals surface area contributed by atoms with Crippen molar-refractivity contribution in [2.75, 3.05) is 11.9 Å². The van der Waals surface area contributed by atoms with E-state index < -0.39 is 5.54 Å². The van der Waals surface area contributed by atoms with E-state index in [1.165, 1.54) is 0 Å². The lowest BCUT2D eigenvalue weighted by molar-refractivity contribution is -0.141. The minimum Gasteiger partial charge on any atom is -0.324 e. The summed E-state index contributed by atoms with van der Waals surface area (Å²) in [6.45, 7) is 0.500. The summed E-state index contributed by atoms with van der Waals surface area (Å²) in [7, 11) is 0. The minimum absolute atomic E-state index is 0.0906. The summed E-state index contributed by atoms with van der Waals surface area (Å²) in [5.41, 5.74) is 1.08. The van der Waals surface area contributed by atoms with Gasteiger partial charge in [-0.2, -0.15) is 0 Å². The third-order valence-corrected chi connectivity index (χ3v) is 6.91. The predicted molar refractivity (Wildman–Crippen MR) is 131 cm³/mol. The van der Waals surface area contributed by atoms with Crippen LogP contribution >= 0.6 is 11.3 Å². The van der Waals surface area contributed by atoms with Crippen LogP contribution in [0.5, 0.6) is 0 Å². The fraction of sp³-hybridized carbons (Fsp3) is 0.259. The van der Waals surface area contributed by atoms with Gasteiger partial charge in [0.25, 0.3) is 0 Å². The Bertz CT molecular complexity index is 1040. The van der Waals surface area contributed by atoms with Crippen LogP contribution in [0, 0.1) is 0 Å². The summed E-state index contributed by atoms with van der Waals surface area (Å²) in [4.78, 5) is 29.9. The van der Waals surface area contributed by atoms with Gasteiger partial charge >= 0.3 is 0 Å². The van der Waals surface area contributed by atoms with Crippen LogP contribution in [0.4, 0.5) is 5.69 Å². The highest BCUT2D eigenvalue weighted by molar-refractivity contribution is 7.10. The topological polar surface area (TPSA) is 49.4 Å². The summed E-state index contributed by atoms with van der Waals surface area (Å²) >= 11 is 1.59. The quantitative estimate of drug-likeness (QED) is 0.448. The van der Waals surface area contributed by atoms with Crippen LogP contribution in [-0.4, -0.2) is 28.8 Å². The normalized spacial score (nSPS) is 15.0. The first-order valence-corrected chi connectivity index (χ1v) is 12.0. The molecule has 4 rings (SSSR count). The Labute approximate surface area is 193 Å². The maximum Gasteiger partial charge on any atom is 0.250 e. The first kappa shape index (κ1) is 22.0. The van der Waals surface area contributed by atoms with Crippen molar-refractivity contribution in [2.24, 2.45) is 0 Å². The summed E-state index contributed by atoms with van der Waals surface area (Å²) in [5.74, 6) is -0.202. The van der Waals surface area contributed by atoms with Crippen molar-refractivity contribution in [2.45, 2.75) is 37.6 Å². The molecule has 2 aromatic carbocycles. The van der Waals surface area contributed by atoms with Crippen molar-refractivity contribution < 1.29 is 9.59 Å². The molecule has 0 saturated heterocycles. The molecule has 1 saturated carbocycles. The molecule has 32 heavy (non-hydrogen) atoms. The van der Waals surface area contributed by atoms with Crippen LogP contribution in [0.3, 0.4) is 0 Å². The highest BCUT2D eigenvalue weighted by atomic mass is 32.1.